The quantitative estimate of drug-likeness (QED) is 0.135. The summed E-state index contributed by atoms with van der Waals surface area (Å²) in [7, 11) is 1.54. The number of aliphatic hydroxyl groups is 1. The molecule has 1 atom stereocenters. The molecule has 1 fully saturated rings. The fourth-order valence-electron chi connectivity index (χ4n) is 5.05. The van der Waals surface area contributed by atoms with Crippen LogP contribution in [0.2, 0.25) is 0 Å². The maximum absolute atomic E-state index is 13.6. The summed E-state index contributed by atoms with van der Waals surface area (Å²) < 4.78 is 13.4. The summed E-state index contributed by atoms with van der Waals surface area (Å²) in [5, 5.41) is 11.7. The number of aryl methyl sites for hydroxylation is 2. The van der Waals surface area contributed by atoms with Crippen molar-refractivity contribution in [3.05, 3.63) is 94.7 Å². The highest BCUT2D eigenvalue weighted by atomic mass is 16.5. The Morgan fingerprint density at radius 2 is 1.93 bits per heavy atom. The van der Waals surface area contributed by atoms with Crippen molar-refractivity contribution < 1.29 is 24.2 Å². The number of ketones is 1. The van der Waals surface area contributed by atoms with Gasteiger partial charge in [0.2, 0.25) is 0 Å². The molecule has 1 unspecified atom stereocenters. The van der Waals surface area contributed by atoms with Gasteiger partial charge in [0.1, 0.15) is 11.3 Å². The highest BCUT2D eigenvalue weighted by Gasteiger charge is 2.47. The van der Waals surface area contributed by atoms with E-state index in [9.17, 15) is 14.7 Å². The second-order valence-corrected chi connectivity index (χ2v) is 9.83. The number of hydrogen-bond acceptors (Lipinski definition) is 7. The summed E-state index contributed by atoms with van der Waals surface area (Å²) >= 11 is 0. The largest absolute Gasteiger partial charge is 0.505 e. The Morgan fingerprint density at radius 1 is 1.10 bits per heavy atom. The molecule has 9 nitrogen and oxygen atoms in total. The minimum absolute atomic E-state index is 0.0280. The van der Waals surface area contributed by atoms with Crippen molar-refractivity contribution >= 4 is 23.1 Å². The van der Waals surface area contributed by atoms with Crippen LogP contribution in [0.3, 0.4) is 0 Å². The number of pyridine rings is 2. The van der Waals surface area contributed by atoms with Crippen LogP contribution in [0.1, 0.15) is 53.9 Å². The van der Waals surface area contributed by atoms with Crippen LogP contribution in [0, 0.1) is 13.8 Å². The number of amides is 1. The van der Waals surface area contributed by atoms with Crippen LogP contribution in [0.25, 0.3) is 11.4 Å². The van der Waals surface area contributed by atoms with Gasteiger partial charge in [0.15, 0.2) is 17.3 Å². The fraction of sp³-hybridized carbons (Fsp3) is 0.290. The molecule has 1 amide bonds. The van der Waals surface area contributed by atoms with E-state index in [0.717, 1.165) is 24.0 Å². The standard InChI is InChI=1S/C31H32N4O5/c1-5-6-15-40-23-12-11-22(16-24(23)39-4)27-25(29(37)31(38)35(27)18-21-10-7-13-32-17-21)28(36)26-20(3)34-14-8-9-19(2)30(34)33-26/h7-14,16-17,27,36H,5-6,15,18H2,1-4H3/b28-25+. The maximum Gasteiger partial charge on any atom is 0.295 e. The number of likely N-dealkylation sites (tertiary alicyclic amines) is 1. The first kappa shape index (κ1) is 26.9. The summed E-state index contributed by atoms with van der Waals surface area (Å²) in [6, 6.07) is 11.9. The van der Waals surface area contributed by atoms with Crippen LogP contribution >= 0.6 is 0 Å². The number of fused-ring (bicyclic) bond motifs is 1. The molecule has 1 saturated heterocycles. The lowest BCUT2D eigenvalue weighted by atomic mass is 9.95. The molecule has 0 radical (unpaired) electrons. The third-order valence-electron chi connectivity index (χ3n) is 7.18. The number of aliphatic hydroxyl groups excluding tert-OH is 1. The average molecular weight is 541 g/mol. The van der Waals surface area contributed by atoms with Crippen LogP contribution in [-0.2, 0) is 16.1 Å². The van der Waals surface area contributed by atoms with Gasteiger partial charge in [0, 0.05) is 25.1 Å². The van der Waals surface area contributed by atoms with E-state index in [2.05, 4.69) is 16.9 Å². The summed E-state index contributed by atoms with van der Waals surface area (Å²) in [6.07, 6.45) is 7.03. The third kappa shape index (κ3) is 4.79. The second-order valence-electron chi connectivity index (χ2n) is 9.83. The molecule has 3 aromatic heterocycles. The molecule has 4 heterocycles. The third-order valence-corrected chi connectivity index (χ3v) is 7.18. The SMILES string of the molecule is CCCCOc1ccc(C2/C(=C(\O)c3nc4c(C)cccn4c3C)C(=O)C(=O)N2Cc2cccnc2)cc1OC. The summed E-state index contributed by atoms with van der Waals surface area (Å²) in [6.45, 7) is 6.50. The number of Topliss-reactive ketones (excluding diaryl/α,β-unsaturated/α-hetero) is 1. The average Bonchev–Trinajstić information content (AvgIpc) is 3.43. The molecule has 0 spiro atoms. The van der Waals surface area contributed by atoms with Crippen LogP contribution in [0.15, 0.2) is 66.6 Å². The van der Waals surface area contributed by atoms with Gasteiger partial charge in [-0.2, -0.15) is 0 Å². The Bertz CT molecular complexity index is 1610. The van der Waals surface area contributed by atoms with E-state index in [1.54, 1.807) is 43.8 Å². The Kier molecular flexibility index (Phi) is 7.55. The number of methoxy groups -OCH3 is 1. The number of unbranched alkanes of at least 4 members (excludes halogenated alkanes) is 1. The molecule has 1 aliphatic heterocycles. The van der Waals surface area contributed by atoms with Crippen molar-refractivity contribution in [3.63, 3.8) is 0 Å². The molecule has 0 aliphatic carbocycles. The highest BCUT2D eigenvalue weighted by molar-refractivity contribution is 6.46. The first-order chi connectivity index (χ1) is 19.3. The molecule has 0 bridgehead atoms. The van der Waals surface area contributed by atoms with Crippen molar-refractivity contribution in [2.24, 2.45) is 0 Å². The van der Waals surface area contributed by atoms with Gasteiger partial charge in [-0.15, -0.1) is 0 Å². The van der Waals surface area contributed by atoms with Gasteiger partial charge in [-0.3, -0.25) is 14.6 Å². The number of benzene rings is 1. The Hall–Kier alpha value is -4.66. The van der Waals surface area contributed by atoms with Crippen molar-refractivity contribution in [2.75, 3.05) is 13.7 Å². The fourth-order valence-corrected chi connectivity index (χ4v) is 5.05. The molecular weight excluding hydrogens is 508 g/mol. The number of carbonyl (C=O) groups excluding carboxylic acids is 2. The van der Waals surface area contributed by atoms with Gasteiger partial charge in [-0.1, -0.05) is 31.5 Å². The molecule has 4 aromatic rings. The highest BCUT2D eigenvalue weighted by Crippen LogP contribution is 2.43. The van der Waals surface area contributed by atoms with Crippen LogP contribution < -0.4 is 9.47 Å². The molecule has 40 heavy (non-hydrogen) atoms. The van der Waals surface area contributed by atoms with E-state index >= 15 is 0 Å². The molecule has 206 valence electrons. The molecule has 0 saturated carbocycles. The van der Waals surface area contributed by atoms with E-state index in [1.165, 1.54) is 4.90 Å². The van der Waals surface area contributed by atoms with Gasteiger partial charge in [0.05, 0.1) is 31.0 Å². The molecule has 1 aromatic carbocycles. The van der Waals surface area contributed by atoms with E-state index in [4.69, 9.17) is 9.47 Å². The minimum Gasteiger partial charge on any atom is -0.505 e. The molecule has 9 heteroatoms. The molecular formula is C31H32N4O5. The number of ether oxygens (including phenoxy) is 2. The predicted octanol–water partition coefficient (Wildman–Crippen LogP) is 5.16. The van der Waals surface area contributed by atoms with Gasteiger partial charge in [-0.05, 0) is 61.2 Å². The number of rotatable bonds is 9. The lowest BCUT2D eigenvalue weighted by Crippen LogP contribution is -2.29. The van der Waals surface area contributed by atoms with E-state index < -0.39 is 17.7 Å². The first-order valence-corrected chi connectivity index (χ1v) is 13.3. The van der Waals surface area contributed by atoms with Crippen molar-refractivity contribution in [1.82, 2.24) is 19.3 Å². The number of carbonyl (C=O) groups is 2. The van der Waals surface area contributed by atoms with E-state index in [1.807, 2.05) is 42.6 Å². The lowest BCUT2D eigenvalue weighted by Gasteiger charge is -2.26. The van der Waals surface area contributed by atoms with Crippen LogP contribution in [0.5, 0.6) is 11.5 Å². The lowest BCUT2D eigenvalue weighted by molar-refractivity contribution is -0.140. The molecule has 1 N–H and O–H groups in total. The van der Waals surface area contributed by atoms with Crippen molar-refractivity contribution in [1.29, 1.82) is 0 Å². The number of aromatic nitrogens is 3. The Morgan fingerprint density at radius 3 is 2.62 bits per heavy atom. The monoisotopic (exact) mass is 540 g/mol. The second kappa shape index (κ2) is 11.2. The molecule has 1 aliphatic rings. The zero-order chi connectivity index (χ0) is 28.4. The number of imidazole rings is 1. The minimum atomic E-state index is -0.885. The van der Waals surface area contributed by atoms with Crippen LogP contribution in [-0.4, -0.2) is 49.8 Å². The van der Waals surface area contributed by atoms with Gasteiger partial charge >= 0.3 is 0 Å². The Balaban J connectivity index is 1.67. The van der Waals surface area contributed by atoms with Gasteiger partial charge in [-0.25, -0.2) is 4.98 Å². The van der Waals surface area contributed by atoms with Crippen LogP contribution in [0.4, 0.5) is 0 Å². The Labute approximate surface area is 232 Å². The zero-order valence-electron chi connectivity index (χ0n) is 23.0. The maximum atomic E-state index is 13.6. The normalized spacial score (nSPS) is 16.6. The molecule has 5 rings (SSSR count). The van der Waals surface area contributed by atoms with Crippen molar-refractivity contribution in [3.8, 4) is 11.5 Å². The summed E-state index contributed by atoms with van der Waals surface area (Å²) in [5.74, 6) is -0.771. The topological polar surface area (TPSA) is 106 Å². The summed E-state index contributed by atoms with van der Waals surface area (Å²) in [4.78, 5) is 37.3. The number of nitrogens with zero attached hydrogens (tertiary/aromatic N) is 4. The van der Waals surface area contributed by atoms with E-state index in [0.29, 0.717) is 35.0 Å². The van der Waals surface area contributed by atoms with E-state index in [-0.39, 0.29) is 23.6 Å². The van der Waals surface area contributed by atoms with Gasteiger partial charge in [0.25, 0.3) is 11.7 Å². The predicted molar refractivity (Wildman–Crippen MR) is 150 cm³/mol. The first-order valence-electron chi connectivity index (χ1n) is 13.3. The number of hydrogen-bond donors (Lipinski definition) is 1. The smallest absolute Gasteiger partial charge is 0.295 e. The van der Waals surface area contributed by atoms with Crippen molar-refractivity contribution in [2.45, 2.75) is 46.2 Å². The zero-order valence-corrected chi connectivity index (χ0v) is 23.0. The summed E-state index contributed by atoms with van der Waals surface area (Å²) in [5.41, 5.74) is 3.82. The van der Waals surface area contributed by atoms with Gasteiger partial charge < -0.3 is 23.9 Å².